The van der Waals surface area contributed by atoms with E-state index in [1.165, 1.54) is 12.1 Å². The normalized spacial score (nSPS) is 11.2. The number of halogens is 3. The topological polar surface area (TPSA) is 95.6 Å². The molecule has 25 heavy (non-hydrogen) atoms. The second-order valence-corrected chi connectivity index (χ2v) is 4.95. The van der Waals surface area contributed by atoms with Gasteiger partial charge in [0.25, 0.3) is 0 Å². The van der Waals surface area contributed by atoms with Crippen LogP contribution in [-0.2, 0) is 6.18 Å². The second kappa shape index (κ2) is 6.59. The van der Waals surface area contributed by atoms with Gasteiger partial charge >= 0.3 is 12.2 Å². The van der Waals surface area contributed by atoms with Crippen molar-refractivity contribution in [1.82, 2.24) is 20.6 Å². The molecule has 0 radical (unpaired) electrons. The first-order valence-corrected chi connectivity index (χ1v) is 7.02. The van der Waals surface area contributed by atoms with E-state index in [0.717, 1.165) is 12.1 Å². The molecule has 3 rings (SSSR count). The molecule has 2 aromatic carbocycles. The molecule has 3 N–H and O–H groups in total. The van der Waals surface area contributed by atoms with Gasteiger partial charge in [-0.3, -0.25) is 0 Å². The van der Waals surface area contributed by atoms with Crippen LogP contribution in [0.3, 0.4) is 0 Å². The van der Waals surface area contributed by atoms with Gasteiger partial charge in [0.2, 0.25) is 0 Å². The molecule has 0 aliphatic carbocycles. The highest BCUT2D eigenvalue weighted by Crippen LogP contribution is 2.30. The zero-order valence-electron chi connectivity index (χ0n) is 12.5. The summed E-state index contributed by atoms with van der Waals surface area (Å²) in [5, 5.41) is 18.2. The van der Waals surface area contributed by atoms with Gasteiger partial charge in [-0.25, -0.2) is 9.89 Å². The van der Waals surface area contributed by atoms with Crippen molar-refractivity contribution in [2.45, 2.75) is 6.18 Å². The highest BCUT2D eigenvalue weighted by atomic mass is 19.4. The molecule has 7 nitrogen and oxygen atoms in total. The quantitative estimate of drug-likeness (QED) is 0.675. The molecule has 0 unspecified atom stereocenters. The lowest BCUT2D eigenvalue weighted by Crippen LogP contribution is -2.20. The van der Waals surface area contributed by atoms with Crippen molar-refractivity contribution >= 4 is 17.4 Å². The van der Waals surface area contributed by atoms with Crippen LogP contribution < -0.4 is 10.6 Å². The minimum Gasteiger partial charge on any atom is -0.308 e. The number of rotatable bonds is 3. The van der Waals surface area contributed by atoms with E-state index in [1.807, 2.05) is 0 Å². The zero-order chi connectivity index (χ0) is 17.9. The Balaban J connectivity index is 1.76. The third-order valence-electron chi connectivity index (χ3n) is 3.22. The number of tetrazole rings is 1. The van der Waals surface area contributed by atoms with Crippen LogP contribution in [0.25, 0.3) is 11.4 Å². The average Bonchev–Trinajstić information content (AvgIpc) is 3.09. The Morgan fingerprint density at radius 1 is 1.04 bits per heavy atom. The average molecular weight is 348 g/mol. The molecule has 1 aromatic heterocycles. The molecule has 0 spiro atoms. The van der Waals surface area contributed by atoms with Crippen molar-refractivity contribution in [2.24, 2.45) is 0 Å². The predicted molar refractivity (Wildman–Crippen MR) is 83.7 cm³/mol. The minimum absolute atomic E-state index is 0.0196. The molecule has 0 fully saturated rings. The molecule has 10 heteroatoms. The van der Waals surface area contributed by atoms with Gasteiger partial charge in [0.15, 0.2) is 5.82 Å². The summed E-state index contributed by atoms with van der Waals surface area (Å²) in [6.45, 7) is 0. The number of alkyl halides is 3. The van der Waals surface area contributed by atoms with E-state index in [2.05, 4.69) is 31.3 Å². The molecule has 1 heterocycles. The Hall–Kier alpha value is -3.43. The van der Waals surface area contributed by atoms with Gasteiger partial charge in [-0.1, -0.05) is 18.2 Å². The molecule has 0 aliphatic heterocycles. The van der Waals surface area contributed by atoms with Crippen molar-refractivity contribution < 1.29 is 18.0 Å². The van der Waals surface area contributed by atoms with E-state index in [0.29, 0.717) is 17.1 Å². The molecule has 0 bridgehead atoms. The molecule has 3 aromatic rings. The van der Waals surface area contributed by atoms with E-state index in [1.54, 1.807) is 24.3 Å². The van der Waals surface area contributed by atoms with Gasteiger partial charge in [0.1, 0.15) is 0 Å². The first kappa shape index (κ1) is 16.4. The molecule has 0 atom stereocenters. The minimum atomic E-state index is -4.49. The molecule has 0 saturated carbocycles. The molecule has 0 aliphatic rings. The highest BCUT2D eigenvalue weighted by molar-refractivity contribution is 6.02. The van der Waals surface area contributed by atoms with Crippen LogP contribution >= 0.6 is 0 Å². The number of aromatic nitrogens is 4. The van der Waals surface area contributed by atoms with Crippen molar-refractivity contribution in [1.29, 1.82) is 0 Å². The van der Waals surface area contributed by atoms with Crippen LogP contribution in [0.5, 0.6) is 0 Å². The third-order valence-corrected chi connectivity index (χ3v) is 3.22. The van der Waals surface area contributed by atoms with Gasteiger partial charge in [0.05, 0.1) is 11.3 Å². The Bertz CT molecular complexity index is 879. The Morgan fingerprint density at radius 2 is 1.84 bits per heavy atom. The lowest BCUT2D eigenvalue weighted by Gasteiger charge is -2.12. The van der Waals surface area contributed by atoms with Crippen molar-refractivity contribution in [3.05, 3.63) is 54.1 Å². The Labute approximate surface area is 139 Å². The van der Waals surface area contributed by atoms with E-state index in [4.69, 9.17) is 0 Å². The van der Waals surface area contributed by atoms with Crippen LogP contribution in [0.15, 0.2) is 48.5 Å². The number of urea groups is 1. The summed E-state index contributed by atoms with van der Waals surface area (Å²) < 4.78 is 38.1. The second-order valence-electron chi connectivity index (χ2n) is 4.95. The maximum absolute atomic E-state index is 12.7. The number of carbonyl (C=O) groups is 1. The van der Waals surface area contributed by atoms with Crippen LogP contribution in [0, 0.1) is 0 Å². The molecular weight excluding hydrogens is 337 g/mol. The number of benzene rings is 2. The van der Waals surface area contributed by atoms with Gasteiger partial charge in [-0.15, -0.1) is 5.10 Å². The van der Waals surface area contributed by atoms with Crippen LogP contribution in [-0.4, -0.2) is 26.7 Å². The molecule has 2 amide bonds. The van der Waals surface area contributed by atoms with Gasteiger partial charge in [-0.05, 0) is 40.8 Å². The summed E-state index contributed by atoms with van der Waals surface area (Å²) in [5.74, 6) is 0.343. The number of carbonyl (C=O) groups excluding carboxylic acids is 1. The van der Waals surface area contributed by atoms with Crippen LogP contribution in [0.2, 0.25) is 0 Å². The lowest BCUT2D eigenvalue weighted by molar-refractivity contribution is -0.137. The predicted octanol–water partition coefficient (Wildman–Crippen LogP) is 3.53. The first-order chi connectivity index (χ1) is 11.9. The summed E-state index contributed by atoms with van der Waals surface area (Å²) in [7, 11) is 0. The van der Waals surface area contributed by atoms with Gasteiger partial charge in [-0.2, -0.15) is 13.2 Å². The first-order valence-electron chi connectivity index (χ1n) is 7.02. The summed E-state index contributed by atoms with van der Waals surface area (Å²) in [6, 6.07) is 10.4. The fourth-order valence-electron chi connectivity index (χ4n) is 2.13. The van der Waals surface area contributed by atoms with E-state index >= 15 is 0 Å². The number of H-pyrrole nitrogens is 1. The maximum atomic E-state index is 12.7. The monoisotopic (exact) mass is 348 g/mol. The molecule has 0 saturated heterocycles. The maximum Gasteiger partial charge on any atom is 0.416 e. The lowest BCUT2D eigenvalue weighted by atomic mass is 10.1. The summed E-state index contributed by atoms with van der Waals surface area (Å²) in [6.07, 6.45) is -4.49. The summed E-state index contributed by atoms with van der Waals surface area (Å²) in [5.41, 5.74) is 0.0989. The Kier molecular flexibility index (Phi) is 4.33. The number of nitrogens with zero attached hydrogens (tertiary/aromatic N) is 3. The number of hydrogen-bond donors (Lipinski definition) is 3. The van der Waals surface area contributed by atoms with Gasteiger partial charge < -0.3 is 10.6 Å². The summed E-state index contributed by atoms with van der Waals surface area (Å²) in [4.78, 5) is 12.1. The van der Waals surface area contributed by atoms with Crippen LogP contribution in [0.1, 0.15) is 5.56 Å². The van der Waals surface area contributed by atoms with Crippen molar-refractivity contribution in [3.63, 3.8) is 0 Å². The fraction of sp³-hybridized carbons (Fsp3) is 0.0667. The highest BCUT2D eigenvalue weighted by Gasteiger charge is 2.30. The van der Waals surface area contributed by atoms with Gasteiger partial charge in [0, 0.05) is 11.3 Å². The van der Waals surface area contributed by atoms with Crippen LogP contribution in [0.4, 0.5) is 29.3 Å². The number of para-hydroxylation sites is 1. The van der Waals surface area contributed by atoms with E-state index < -0.39 is 17.8 Å². The van der Waals surface area contributed by atoms with E-state index in [-0.39, 0.29) is 5.69 Å². The molecular formula is C15H11F3N6O. The Morgan fingerprint density at radius 3 is 2.56 bits per heavy atom. The fourth-order valence-corrected chi connectivity index (χ4v) is 2.13. The number of amides is 2. The largest absolute Gasteiger partial charge is 0.416 e. The SMILES string of the molecule is O=C(Nc1cccc(C(F)(F)F)c1)Nc1ccccc1-c1nnn[nH]1. The smallest absolute Gasteiger partial charge is 0.308 e. The van der Waals surface area contributed by atoms with Crippen molar-refractivity contribution in [3.8, 4) is 11.4 Å². The van der Waals surface area contributed by atoms with Crippen molar-refractivity contribution in [2.75, 3.05) is 10.6 Å². The number of hydrogen-bond acceptors (Lipinski definition) is 4. The zero-order valence-corrected chi connectivity index (χ0v) is 12.5. The standard InChI is InChI=1S/C15H11F3N6O/c16-15(17,18)9-4-3-5-10(8-9)19-14(25)20-12-7-2-1-6-11(12)13-21-23-24-22-13/h1-8H,(H2,19,20,25)(H,21,22,23,24). The van der Waals surface area contributed by atoms with E-state index in [9.17, 15) is 18.0 Å². The number of nitrogens with one attached hydrogen (secondary N) is 3. The molecule has 128 valence electrons. The number of anilines is 2. The summed E-state index contributed by atoms with van der Waals surface area (Å²) >= 11 is 0. The number of aromatic amines is 1. The third kappa shape index (κ3) is 3.91.